The Bertz CT molecular complexity index is 497. The molecule has 0 bridgehead atoms. The van der Waals surface area contributed by atoms with E-state index >= 15 is 0 Å². The summed E-state index contributed by atoms with van der Waals surface area (Å²) >= 11 is 0. The Morgan fingerprint density at radius 1 is 1.45 bits per heavy atom. The first-order valence-corrected chi connectivity index (χ1v) is 7.30. The molecule has 1 aromatic heterocycles. The van der Waals surface area contributed by atoms with Gasteiger partial charge in [-0.1, -0.05) is 0 Å². The van der Waals surface area contributed by atoms with Crippen LogP contribution < -0.4 is 5.32 Å². The predicted octanol–water partition coefficient (Wildman–Crippen LogP) is 0.953. The molecule has 1 fully saturated rings. The van der Waals surface area contributed by atoms with E-state index in [-0.39, 0.29) is 11.6 Å². The highest BCUT2D eigenvalue weighted by Crippen LogP contribution is 2.12. The van der Waals surface area contributed by atoms with Crippen LogP contribution in [0, 0.1) is 5.92 Å². The van der Waals surface area contributed by atoms with Gasteiger partial charge in [-0.15, -0.1) is 0 Å². The average molecular weight is 308 g/mol. The molecular weight excluding hydrogens is 288 g/mol. The smallest absolute Gasteiger partial charge is 0.354 e. The van der Waals surface area contributed by atoms with E-state index in [9.17, 15) is 9.59 Å². The molecule has 2 rings (SSSR count). The van der Waals surface area contributed by atoms with Crippen molar-refractivity contribution in [3.05, 3.63) is 29.6 Å². The topological polar surface area (TPSA) is 97.8 Å². The molecule has 1 saturated heterocycles. The second kappa shape index (κ2) is 8.45. The van der Waals surface area contributed by atoms with Crippen LogP contribution in [0.2, 0.25) is 0 Å². The Morgan fingerprint density at radius 3 is 2.95 bits per heavy atom. The number of amides is 1. The van der Waals surface area contributed by atoms with Crippen molar-refractivity contribution >= 4 is 11.9 Å². The number of nitrogens with zero attached hydrogens (tertiary/aromatic N) is 1. The summed E-state index contributed by atoms with van der Waals surface area (Å²) in [7, 11) is 0. The van der Waals surface area contributed by atoms with Gasteiger partial charge in [0.05, 0.1) is 18.8 Å². The molecule has 0 saturated carbocycles. The first kappa shape index (κ1) is 16.4. The fourth-order valence-corrected chi connectivity index (χ4v) is 2.10. The summed E-state index contributed by atoms with van der Waals surface area (Å²) in [6, 6.07) is 2.76. The van der Waals surface area contributed by atoms with Gasteiger partial charge in [0.25, 0.3) is 5.91 Å². The lowest BCUT2D eigenvalue weighted by Gasteiger charge is -2.09. The number of aromatic nitrogens is 1. The lowest BCUT2D eigenvalue weighted by molar-refractivity contribution is 0.0689. The van der Waals surface area contributed by atoms with E-state index in [1.807, 2.05) is 0 Å². The minimum atomic E-state index is -1.11. The molecule has 120 valence electrons. The highest BCUT2D eigenvalue weighted by atomic mass is 16.5. The molecule has 0 spiro atoms. The second-order valence-corrected chi connectivity index (χ2v) is 5.15. The number of pyridine rings is 1. The van der Waals surface area contributed by atoms with Gasteiger partial charge in [0.2, 0.25) is 0 Å². The zero-order valence-electron chi connectivity index (χ0n) is 12.3. The standard InChI is InChI=1S/C15H20N2O5/c18-14(12-2-3-13(15(19)20)17-8-12)16-5-1-6-21-9-11-4-7-22-10-11/h2-3,8,11H,1,4-7,9-10H2,(H,16,18)(H,19,20). The molecule has 0 aromatic carbocycles. The molecule has 1 amide bonds. The number of rotatable bonds is 8. The van der Waals surface area contributed by atoms with Crippen LogP contribution in [-0.2, 0) is 9.47 Å². The van der Waals surface area contributed by atoms with Crippen molar-refractivity contribution in [3.8, 4) is 0 Å². The van der Waals surface area contributed by atoms with Crippen molar-refractivity contribution in [2.45, 2.75) is 12.8 Å². The number of hydrogen-bond acceptors (Lipinski definition) is 5. The molecule has 2 N–H and O–H groups in total. The summed E-state index contributed by atoms with van der Waals surface area (Å²) in [4.78, 5) is 26.2. The molecular formula is C15H20N2O5. The number of nitrogens with one attached hydrogen (secondary N) is 1. The van der Waals surface area contributed by atoms with Gasteiger partial charge in [-0.2, -0.15) is 0 Å². The summed E-state index contributed by atoms with van der Waals surface area (Å²) in [6.45, 7) is 3.39. The van der Waals surface area contributed by atoms with Gasteiger partial charge in [-0.05, 0) is 25.0 Å². The maximum absolute atomic E-state index is 11.8. The number of aromatic carboxylic acids is 1. The number of ether oxygens (including phenoxy) is 2. The van der Waals surface area contributed by atoms with Crippen LogP contribution in [0.5, 0.6) is 0 Å². The first-order valence-electron chi connectivity index (χ1n) is 7.30. The molecule has 7 nitrogen and oxygen atoms in total. The van der Waals surface area contributed by atoms with Gasteiger partial charge in [0, 0.05) is 31.9 Å². The van der Waals surface area contributed by atoms with Crippen molar-refractivity contribution in [3.63, 3.8) is 0 Å². The minimum Gasteiger partial charge on any atom is -0.477 e. The van der Waals surface area contributed by atoms with E-state index in [0.29, 0.717) is 31.2 Å². The number of hydrogen-bond donors (Lipinski definition) is 2. The van der Waals surface area contributed by atoms with E-state index in [0.717, 1.165) is 26.1 Å². The van der Waals surface area contributed by atoms with Gasteiger partial charge in [-0.25, -0.2) is 9.78 Å². The average Bonchev–Trinajstić information content (AvgIpc) is 3.04. The van der Waals surface area contributed by atoms with Gasteiger partial charge >= 0.3 is 5.97 Å². The Balaban J connectivity index is 1.59. The SMILES string of the molecule is O=C(NCCCOCC1CCOC1)c1ccc(C(=O)O)nc1. The first-order chi connectivity index (χ1) is 10.7. The number of carboxylic acid groups (broad SMARTS) is 1. The monoisotopic (exact) mass is 308 g/mol. The number of carbonyl (C=O) groups excluding carboxylic acids is 1. The summed E-state index contributed by atoms with van der Waals surface area (Å²) in [5.74, 6) is -0.890. The fraction of sp³-hybridized carbons (Fsp3) is 0.533. The van der Waals surface area contributed by atoms with Crippen LogP contribution in [0.3, 0.4) is 0 Å². The zero-order valence-corrected chi connectivity index (χ0v) is 12.3. The van der Waals surface area contributed by atoms with Crippen LogP contribution >= 0.6 is 0 Å². The van der Waals surface area contributed by atoms with Crippen LogP contribution in [-0.4, -0.2) is 54.9 Å². The van der Waals surface area contributed by atoms with E-state index in [1.165, 1.54) is 18.3 Å². The Labute approximate surface area is 128 Å². The third-order valence-electron chi connectivity index (χ3n) is 3.37. The molecule has 1 aliphatic heterocycles. The zero-order chi connectivity index (χ0) is 15.8. The van der Waals surface area contributed by atoms with Crippen molar-refractivity contribution in [2.24, 2.45) is 5.92 Å². The third-order valence-corrected chi connectivity index (χ3v) is 3.37. The molecule has 0 radical (unpaired) electrons. The van der Waals surface area contributed by atoms with Gasteiger partial charge < -0.3 is 19.9 Å². The summed E-state index contributed by atoms with van der Waals surface area (Å²) < 4.78 is 10.8. The highest BCUT2D eigenvalue weighted by molar-refractivity contribution is 5.94. The number of carboxylic acids is 1. The molecule has 0 aliphatic carbocycles. The second-order valence-electron chi connectivity index (χ2n) is 5.15. The van der Waals surface area contributed by atoms with E-state index in [1.54, 1.807) is 0 Å². The molecule has 1 aliphatic rings. The van der Waals surface area contributed by atoms with Crippen LogP contribution in [0.1, 0.15) is 33.7 Å². The predicted molar refractivity (Wildman–Crippen MR) is 77.9 cm³/mol. The molecule has 1 aromatic rings. The van der Waals surface area contributed by atoms with Gasteiger partial charge in [0.1, 0.15) is 5.69 Å². The van der Waals surface area contributed by atoms with E-state index in [2.05, 4.69) is 10.3 Å². The van der Waals surface area contributed by atoms with Crippen molar-refractivity contribution in [1.29, 1.82) is 0 Å². The summed E-state index contributed by atoms with van der Waals surface area (Å²) in [5.41, 5.74) is 0.259. The van der Waals surface area contributed by atoms with E-state index in [4.69, 9.17) is 14.6 Å². The maximum atomic E-state index is 11.8. The third kappa shape index (κ3) is 5.09. The highest BCUT2D eigenvalue weighted by Gasteiger charge is 2.15. The number of carbonyl (C=O) groups is 2. The minimum absolute atomic E-state index is 0.0826. The maximum Gasteiger partial charge on any atom is 0.354 e. The molecule has 22 heavy (non-hydrogen) atoms. The van der Waals surface area contributed by atoms with Crippen LogP contribution in [0.15, 0.2) is 18.3 Å². The lowest BCUT2D eigenvalue weighted by atomic mass is 10.1. The largest absolute Gasteiger partial charge is 0.477 e. The van der Waals surface area contributed by atoms with E-state index < -0.39 is 5.97 Å². The molecule has 1 atom stereocenters. The normalized spacial score (nSPS) is 17.4. The van der Waals surface area contributed by atoms with Crippen LogP contribution in [0.4, 0.5) is 0 Å². The Hall–Kier alpha value is -1.99. The summed E-state index contributed by atoms with van der Waals surface area (Å²) in [6.07, 6.45) is 3.03. The Kier molecular flexibility index (Phi) is 6.29. The van der Waals surface area contributed by atoms with Gasteiger partial charge in [0.15, 0.2) is 0 Å². The quantitative estimate of drug-likeness (QED) is 0.694. The Morgan fingerprint density at radius 2 is 2.32 bits per heavy atom. The molecule has 1 unspecified atom stereocenters. The van der Waals surface area contributed by atoms with Crippen LogP contribution in [0.25, 0.3) is 0 Å². The van der Waals surface area contributed by atoms with Gasteiger partial charge in [-0.3, -0.25) is 4.79 Å². The molecule has 2 heterocycles. The van der Waals surface area contributed by atoms with Crippen molar-refractivity contribution in [1.82, 2.24) is 10.3 Å². The molecule has 7 heteroatoms. The lowest BCUT2D eigenvalue weighted by Crippen LogP contribution is -2.25. The van der Waals surface area contributed by atoms with Crippen molar-refractivity contribution < 1.29 is 24.2 Å². The van der Waals surface area contributed by atoms with Crippen molar-refractivity contribution in [2.75, 3.05) is 33.0 Å². The fourth-order valence-electron chi connectivity index (χ4n) is 2.10. The summed E-state index contributed by atoms with van der Waals surface area (Å²) in [5, 5.41) is 11.5.